The maximum Gasteiger partial charge on any atom is 0.547 e. The number of aromatic carboxylic acids is 1. The van der Waals surface area contributed by atoms with Crippen LogP contribution in [0.1, 0.15) is 34.5 Å². The first kappa shape index (κ1) is 29.1. The van der Waals surface area contributed by atoms with Crippen molar-refractivity contribution in [2.24, 2.45) is 0 Å². The first-order valence-electron chi connectivity index (χ1n) is 12.2. The zero-order chi connectivity index (χ0) is 30.2. The predicted octanol–water partition coefficient (Wildman–Crippen LogP) is -0.345. The molecule has 1 saturated heterocycles. The van der Waals surface area contributed by atoms with Crippen molar-refractivity contribution in [1.29, 1.82) is 0 Å². The normalized spacial score (nSPS) is 17.5. The Bertz CT molecular complexity index is 1460. The molecule has 0 saturated carbocycles. The van der Waals surface area contributed by atoms with Crippen molar-refractivity contribution < 1.29 is 57.8 Å². The average molecular weight is 576 g/mol. The van der Waals surface area contributed by atoms with Crippen molar-refractivity contribution in [2.75, 3.05) is 19.6 Å². The number of nitrogens with zero attached hydrogens (tertiary/aromatic N) is 2. The minimum atomic E-state index is -1.99. The number of phenolic OH excluding ortho intramolecular Hbond substituents is 2. The molecule has 2 aromatic rings. The second-order valence-corrected chi connectivity index (χ2v) is 9.10. The fraction of sp³-hybridized carbons (Fsp3) is 0.292. The largest absolute Gasteiger partial charge is 0.547 e. The lowest BCUT2D eigenvalue weighted by Gasteiger charge is -2.33. The molecule has 17 heteroatoms. The first-order valence-corrected chi connectivity index (χ1v) is 12.2. The minimum absolute atomic E-state index is 0.00363. The van der Waals surface area contributed by atoms with E-state index < -0.39 is 88.8 Å². The molecule has 6 N–H and O–H groups in total. The molecular weight excluding hydrogens is 553 g/mol. The number of aromatic hydroxyl groups is 2. The van der Waals surface area contributed by atoms with Crippen LogP contribution in [-0.4, -0.2) is 92.6 Å². The fourth-order valence-corrected chi connectivity index (χ4v) is 4.47. The van der Waals surface area contributed by atoms with Gasteiger partial charge < -0.3 is 40.5 Å². The van der Waals surface area contributed by atoms with Gasteiger partial charge in [-0.25, -0.2) is 18.4 Å². The number of phenols is 2. The molecule has 0 spiro atoms. The van der Waals surface area contributed by atoms with Crippen LogP contribution in [0.25, 0.3) is 0 Å². The molecule has 2 heterocycles. The standard InChI is InChI=1S/C24H23BF2N4O10/c1-2-30-7-8-31(22(36)21(30)35)24(39)29-17(11-4-6-13(32)18(33)16(11)27)20(34)28-14-9-10-3-5-12(26)15(23(37)38)19(10)41-25(14)40/h3-6,14,17,32-33,40H,2,7-9H2,1H3,(H,28,34)(H,29,39)(H,37,38)/t14-,17?/m0/s1. The molecule has 2 atom stereocenters. The number of nitrogens with one attached hydrogen (secondary N) is 2. The molecule has 216 valence electrons. The summed E-state index contributed by atoms with van der Waals surface area (Å²) in [4.78, 5) is 64.3. The number of fused-ring (bicyclic) bond motifs is 1. The van der Waals surface area contributed by atoms with E-state index in [2.05, 4.69) is 10.6 Å². The first-order chi connectivity index (χ1) is 19.3. The van der Waals surface area contributed by atoms with Gasteiger partial charge in [-0.1, -0.05) is 6.07 Å². The third-order valence-electron chi connectivity index (χ3n) is 6.65. The molecule has 2 aliphatic heterocycles. The molecule has 0 radical (unpaired) electrons. The summed E-state index contributed by atoms with van der Waals surface area (Å²) < 4.78 is 34.2. The van der Waals surface area contributed by atoms with Crippen LogP contribution in [0.15, 0.2) is 24.3 Å². The van der Waals surface area contributed by atoms with E-state index in [-0.39, 0.29) is 31.6 Å². The number of urea groups is 1. The van der Waals surface area contributed by atoms with Crippen LogP contribution in [0.3, 0.4) is 0 Å². The van der Waals surface area contributed by atoms with Crippen LogP contribution in [0.4, 0.5) is 13.6 Å². The molecule has 1 unspecified atom stereocenters. The molecule has 4 rings (SSSR count). The van der Waals surface area contributed by atoms with E-state index in [0.717, 1.165) is 18.2 Å². The third-order valence-corrected chi connectivity index (χ3v) is 6.65. The van der Waals surface area contributed by atoms with E-state index in [0.29, 0.717) is 4.90 Å². The third kappa shape index (κ3) is 5.43. The molecule has 2 aromatic carbocycles. The average Bonchev–Trinajstić information content (AvgIpc) is 2.92. The lowest BCUT2D eigenvalue weighted by atomic mass is 9.72. The van der Waals surface area contributed by atoms with Crippen molar-refractivity contribution in [3.8, 4) is 17.2 Å². The number of hydrogen-bond acceptors (Lipinski definition) is 9. The van der Waals surface area contributed by atoms with Crippen LogP contribution in [-0.2, 0) is 20.8 Å². The van der Waals surface area contributed by atoms with Crippen molar-refractivity contribution in [2.45, 2.75) is 25.3 Å². The van der Waals surface area contributed by atoms with Crippen molar-refractivity contribution in [3.63, 3.8) is 0 Å². The lowest BCUT2D eigenvalue weighted by Crippen LogP contribution is -2.60. The van der Waals surface area contributed by atoms with Gasteiger partial charge >= 0.3 is 30.9 Å². The number of piperazine rings is 1. The fourth-order valence-electron chi connectivity index (χ4n) is 4.47. The van der Waals surface area contributed by atoms with Gasteiger partial charge in [-0.15, -0.1) is 0 Å². The minimum Gasteiger partial charge on any atom is -0.534 e. The van der Waals surface area contributed by atoms with Gasteiger partial charge in [0.1, 0.15) is 23.2 Å². The van der Waals surface area contributed by atoms with Gasteiger partial charge in [0.05, 0.1) is 5.94 Å². The SMILES string of the molecule is CCN1CCN(C(=O)NC(C(=O)N[C@H]2Cc3ccc(F)c(C(=O)O)c3OB2O)c2ccc(O)c(O)c2F)C(=O)C1=O. The van der Waals surface area contributed by atoms with E-state index in [1.54, 1.807) is 6.92 Å². The number of carboxylic acid groups (broad SMARTS) is 1. The number of amides is 5. The number of carboxylic acids is 1. The van der Waals surface area contributed by atoms with Crippen LogP contribution in [0.5, 0.6) is 17.2 Å². The Morgan fingerprint density at radius 2 is 1.83 bits per heavy atom. The number of halogens is 2. The number of hydrogen-bond donors (Lipinski definition) is 6. The molecule has 0 aliphatic carbocycles. The highest BCUT2D eigenvalue weighted by Gasteiger charge is 2.42. The van der Waals surface area contributed by atoms with E-state index in [9.17, 15) is 53.1 Å². The van der Waals surface area contributed by atoms with Crippen molar-refractivity contribution in [3.05, 3.63) is 52.6 Å². The number of carbonyl (C=O) groups is 5. The Labute approximate surface area is 230 Å². The Morgan fingerprint density at radius 3 is 2.49 bits per heavy atom. The van der Waals surface area contributed by atoms with Crippen molar-refractivity contribution >= 4 is 36.8 Å². The number of rotatable bonds is 6. The summed E-state index contributed by atoms with van der Waals surface area (Å²) in [6.45, 7) is 1.60. The predicted molar refractivity (Wildman–Crippen MR) is 133 cm³/mol. The highest BCUT2D eigenvalue weighted by molar-refractivity contribution is 6.47. The Morgan fingerprint density at radius 1 is 1.12 bits per heavy atom. The number of benzene rings is 2. The second-order valence-electron chi connectivity index (χ2n) is 9.10. The topological polar surface area (TPSA) is 206 Å². The molecule has 14 nitrogen and oxygen atoms in total. The molecule has 41 heavy (non-hydrogen) atoms. The molecular formula is C24H23BF2N4O10. The van der Waals surface area contributed by atoms with E-state index in [1.165, 1.54) is 11.0 Å². The van der Waals surface area contributed by atoms with E-state index in [1.807, 2.05) is 0 Å². The monoisotopic (exact) mass is 576 g/mol. The van der Waals surface area contributed by atoms with Gasteiger partial charge in [-0.05, 0) is 37.1 Å². The summed E-state index contributed by atoms with van der Waals surface area (Å²) in [5, 5.41) is 43.7. The molecule has 2 aliphatic rings. The summed E-state index contributed by atoms with van der Waals surface area (Å²) >= 11 is 0. The molecule has 0 bridgehead atoms. The summed E-state index contributed by atoms with van der Waals surface area (Å²) in [5.41, 5.74) is -1.38. The summed E-state index contributed by atoms with van der Waals surface area (Å²) in [6.07, 6.45) is -0.279. The molecule has 1 fully saturated rings. The van der Waals surface area contributed by atoms with Gasteiger partial charge in [-0.3, -0.25) is 19.3 Å². The number of carbonyl (C=O) groups excluding carboxylic acids is 4. The highest BCUT2D eigenvalue weighted by Crippen LogP contribution is 2.34. The zero-order valence-corrected chi connectivity index (χ0v) is 21.3. The Balaban J connectivity index is 1.62. The molecule has 5 amide bonds. The van der Waals surface area contributed by atoms with Gasteiger partial charge in [0.15, 0.2) is 17.3 Å². The molecule has 0 aromatic heterocycles. The van der Waals surface area contributed by atoms with E-state index in [4.69, 9.17) is 4.65 Å². The van der Waals surface area contributed by atoms with Crippen molar-refractivity contribution in [1.82, 2.24) is 20.4 Å². The van der Waals surface area contributed by atoms with Gasteiger partial charge in [-0.2, -0.15) is 0 Å². The van der Waals surface area contributed by atoms with Crippen LogP contribution in [0, 0.1) is 11.6 Å². The summed E-state index contributed by atoms with van der Waals surface area (Å²) in [6, 6.07) is 0.512. The maximum absolute atomic E-state index is 15.0. The lowest BCUT2D eigenvalue weighted by molar-refractivity contribution is -0.153. The number of imide groups is 1. The summed E-state index contributed by atoms with van der Waals surface area (Å²) in [5.74, 6) is -11.5. The zero-order valence-electron chi connectivity index (χ0n) is 21.3. The van der Waals surface area contributed by atoms with E-state index >= 15 is 0 Å². The maximum atomic E-state index is 15.0. The smallest absolute Gasteiger partial charge is 0.534 e. The van der Waals surface area contributed by atoms with Gasteiger partial charge in [0, 0.05) is 25.2 Å². The van der Waals surface area contributed by atoms with Crippen LogP contribution < -0.4 is 15.3 Å². The summed E-state index contributed by atoms with van der Waals surface area (Å²) in [7, 11) is -1.91. The van der Waals surface area contributed by atoms with Crippen LogP contribution >= 0.6 is 0 Å². The second kappa shape index (κ2) is 11.3. The number of likely N-dealkylation sites (N-methyl/N-ethyl adjacent to an activating group) is 1. The van der Waals surface area contributed by atoms with Gasteiger partial charge in [0.25, 0.3) is 0 Å². The Kier molecular flexibility index (Phi) is 8.00. The van der Waals surface area contributed by atoms with Crippen LogP contribution in [0.2, 0.25) is 0 Å². The highest BCUT2D eigenvalue weighted by atomic mass is 19.1. The van der Waals surface area contributed by atoms with Gasteiger partial charge in [0.2, 0.25) is 5.91 Å². The quantitative estimate of drug-likeness (QED) is 0.150. The Hall–Kier alpha value is -4.93.